The third kappa shape index (κ3) is 3.21. The van der Waals surface area contributed by atoms with Crippen LogP contribution in [0.15, 0.2) is 36.4 Å². The van der Waals surface area contributed by atoms with Gasteiger partial charge in [-0.2, -0.15) is 0 Å². The Morgan fingerprint density at radius 2 is 1.85 bits per heavy atom. The number of rotatable bonds is 6. The second kappa shape index (κ2) is 7.68. The zero-order valence-electron chi connectivity index (χ0n) is 14.7. The molecule has 6 nitrogen and oxygen atoms in total. The second-order valence-electron chi connectivity index (χ2n) is 5.99. The average molecular weight is 358 g/mol. The molecule has 0 aromatic heterocycles. The summed E-state index contributed by atoms with van der Waals surface area (Å²) in [6, 6.07) is 8.73. The lowest BCUT2D eigenvalue weighted by atomic mass is 9.90. The molecule has 138 valence electrons. The van der Waals surface area contributed by atoms with E-state index in [0.29, 0.717) is 17.2 Å². The maximum absolute atomic E-state index is 10.00. The normalized spacial score (nSPS) is 18.6. The van der Waals surface area contributed by atoms with Gasteiger partial charge in [0.2, 0.25) is 0 Å². The Morgan fingerprint density at radius 3 is 2.50 bits per heavy atom. The number of phenols is 1. The molecule has 1 aliphatic rings. The van der Waals surface area contributed by atoms with E-state index in [9.17, 15) is 10.2 Å². The van der Waals surface area contributed by atoms with Crippen molar-refractivity contribution in [1.29, 1.82) is 0 Å². The van der Waals surface area contributed by atoms with Gasteiger partial charge in [-0.3, -0.25) is 0 Å². The van der Waals surface area contributed by atoms with Gasteiger partial charge in [-0.05, 0) is 35.4 Å². The van der Waals surface area contributed by atoms with Gasteiger partial charge in [-0.15, -0.1) is 0 Å². The molecule has 2 aromatic carbocycles. The summed E-state index contributed by atoms with van der Waals surface area (Å²) in [6.45, 7) is -0.174. The zero-order valence-corrected chi connectivity index (χ0v) is 14.7. The van der Waals surface area contributed by atoms with Crippen LogP contribution in [-0.2, 0) is 0 Å². The van der Waals surface area contributed by atoms with Crippen molar-refractivity contribution in [3.63, 3.8) is 0 Å². The molecule has 0 radical (unpaired) electrons. The van der Waals surface area contributed by atoms with Crippen molar-refractivity contribution in [2.45, 2.75) is 12.0 Å². The highest BCUT2D eigenvalue weighted by atomic mass is 16.5. The molecule has 3 rings (SSSR count). The van der Waals surface area contributed by atoms with E-state index in [-0.39, 0.29) is 24.9 Å². The second-order valence-corrected chi connectivity index (χ2v) is 5.99. The number of aromatic hydroxyl groups is 1. The third-order valence-electron chi connectivity index (χ3n) is 4.48. The van der Waals surface area contributed by atoms with Gasteiger partial charge in [0.05, 0.1) is 33.4 Å². The first-order valence-corrected chi connectivity index (χ1v) is 8.26. The molecule has 0 amide bonds. The van der Waals surface area contributed by atoms with Gasteiger partial charge in [-0.25, -0.2) is 0 Å². The summed E-state index contributed by atoms with van der Waals surface area (Å²) in [7, 11) is 3.04. The van der Waals surface area contributed by atoms with Crippen molar-refractivity contribution in [3.05, 3.63) is 53.1 Å². The molecule has 2 atom stereocenters. The van der Waals surface area contributed by atoms with Crippen molar-refractivity contribution < 1.29 is 29.5 Å². The van der Waals surface area contributed by atoms with E-state index in [4.69, 9.17) is 19.3 Å². The van der Waals surface area contributed by atoms with Crippen LogP contribution in [-0.4, -0.2) is 42.8 Å². The van der Waals surface area contributed by atoms with E-state index in [1.165, 1.54) is 7.11 Å². The first-order valence-electron chi connectivity index (χ1n) is 8.26. The van der Waals surface area contributed by atoms with Crippen LogP contribution in [0.25, 0.3) is 6.08 Å². The average Bonchev–Trinajstić information content (AvgIpc) is 3.04. The molecule has 0 fully saturated rings. The number of aliphatic hydroxyl groups is 2. The highest BCUT2D eigenvalue weighted by molar-refractivity contribution is 5.62. The lowest BCUT2D eigenvalue weighted by Crippen LogP contribution is -2.13. The lowest BCUT2D eigenvalue weighted by molar-refractivity contribution is 0.157. The number of phenolic OH excluding ortho intramolecular Hbond substituents is 1. The molecule has 3 N–H and O–H groups in total. The van der Waals surface area contributed by atoms with Crippen LogP contribution < -0.4 is 14.2 Å². The lowest BCUT2D eigenvalue weighted by Gasteiger charge is -2.18. The van der Waals surface area contributed by atoms with Gasteiger partial charge < -0.3 is 29.5 Å². The molecule has 1 aliphatic heterocycles. The molecule has 0 aliphatic carbocycles. The number of benzene rings is 2. The fourth-order valence-electron chi connectivity index (χ4n) is 3.22. The first-order chi connectivity index (χ1) is 12.6. The maximum Gasteiger partial charge on any atom is 0.165 e. The highest BCUT2D eigenvalue weighted by Gasteiger charge is 2.37. The Hall–Kier alpha value is -2.70. The number of aliphatic hydroxyl groups excluding tert-OH is 2. The topological polar surface area (TPSA) is 88.4 Å². The van der Waals surface area contributed by atoms with Crippen LogP contribution in [0, 0.1) is 0 Å². The summed E-state index contributed by atoms with van der Waals surface area (Å²) < 4.78 is 16.7. The van der Waals surface area contributed by atoms with Gasteiger partial charge in [0.1, 0.15) is 6.10 Å². The van der Waals surface area contributed by atoms with Crippen molar-refractivity contribution in [1.82, 2.24) is 0 Å². The molecule has 6 heteroatoms. The fraction of sp³-hybridized carbons (Fsp3) is 0.300. The molecule has 0 saturated carbocycles. The minimum atomic E-state index is -0.435. The van der Waals surface area contributed by atoms with Gasteiger partial charge in [-0.1, -0.05) is 18.2 Å². The molecular weight excluding hydrogens is 336 g/mol. The van der Waals surface area contributed by atoms with Gasteiger partial charge in [0.25, 0.3) is 0 Å². The van der Waals surface area contributed by atoms with E-state index in [0.717, 1.165) is 16.7 Å². The summed E-state index contributed by atoms with van der Waals surface area (Å²) >= 11 is 0. The monoisotopic (exact) mass is 358 g/mol. The van der Waals surface area contributed by atoms with Gasteiger partial charge in [0.15, 0.2) is 23.0 Å². The number of fused-ring (bicyclic) bond motifs is 1. The smallest absolute Gasteiger partial charge is 0.165 e. The predicted octanol–water partition coefficient (Wildman–Crippen LogP) is 2.62. The molecule has 2 aromatic rings. The molecule has 26 heavy (non-hydrogen) atoms. The predicted molar refractivity (Wildman–Crippen MR) is 97.0 cm³/mol. The highest BCUT2D eigenvalue weighted by Crippen LogP contribution is 2.51. The zero-order chi connectivity index (χ0) is 18.7. The Balaban J connectivity index is 2.04. The quantitative estimate of drug-likeness (QED) is 0.736. The molecule has 0 unspecified atom stereocenters. The maximum atomic E-state index is 10.00. The number of ether oxygens (including phenoxy) is 3. The fourth-order valence-corrected chi connectivity index (χ4v) is 3.22. The third-order valence-corrected chi connectivity index (χ3v) is 4.48. The molecular formula is C20H22O6. The van der Waals surface area contributed by atoms with Crippen molar-refractivity contribution in [2.24, 2.45) is 0 Å². The summed E-state index contributed by atoms with van der Waals surface area (Å²) in [5.41, 5.74) is 2.46. The van der Waals surface area contributed by atoms with Gasteiger partial charge in [0, 0.05) is 5.56 Å². The molecule has 0 bridgehead atoms. The van der Waals surface area contributed by atoms with Crippen LogP contribution in [0.2, 0.25) is 0 Å². The minimum Gasteiger partial charge on any atom is -0.504 e. The SMILES string of the molecule is COc1cc([C@H]2Oc3c(OC)cc(/C=C/CO)cc3[C@@H]2CO)ccc1O. The van der Waals surface area contributed by atoms with Crippen LogP contribution in [0.3, 0.4) is 0 Å². The summed E-state index contributed by atoms with van der Waals surface area (Å²) in [5, 5.41) is 28.8. The largest absolute Gasteiger partial charge is 0.504 e. The van der Waals surface area contributed by atoms with Crippen LogP contribution in [0.4, 0.5) is 0 Å². The number of hydrogen-bond donors (Lipinski definition) is 3. The number of methoxy groups -OCH3 is 2. The van der Waals surface area contributed by atoms with E-state index in [1.54, 1.807) is 37.5 Å². The van der Waals surface area contributed by atoms with Crippen molar-refractivity contribution in [2.75, 3.05) is 27.4 Å². The minimum absolute atomic E-state index is 0.0429. The standard InChI is InChI=1S/C20H22O6/c1-24-17-10-13(5-6-16(17)23)19-15(11-22)14-8-12(4-3-7-21)9-18(25-2)20(14)26-19/h3-6,8-10,15,19,21-23H,7,11H2,1-2H3/b4-3+/t15-,19+/m0/s1. The Morgan fingerprint density at radius 1 is 1.08 bits per heavy atom. The van der Waals surface area contributed by atoms with Gasteiger partial charge >= 0.3 is 0 Å². The molecule has 1 heterocycles. The van der Waals surface area contributed by atoms with Crippen molar-refractivity contribution in [3.8, 4) is 23.0 Å². The molecule has 0 spiro atoms. The van der Waals surface area contributed by atoms with Crippen LogP contribution in [0.1, 0.15) is 28.7 Å². The first kappa shape index (κ1) is 18.1. The Labute approximate surface area is 151 Å². The van der Waals surface area contributed by atoms with Crippen molar-refractivity contribution >= 4 is 6.08 Å². The van der Waals surface area contributed by atoms with E-state index < -0.39 is 6.10 Å². The summed E-state index contributed by atoms with van der Waals surface area (Å²) in [5.74, 6) is 1.24. The van der Waals surface area contributed by atoms with E-state index >= 15 is 0 Å². The number of hydrogen-bond acceptors (Lipinski definition) is 6. The molecule has 0 saturated heterocycles. The van der Waals surface area contributed by atoms with Crippen LogP contribution >= 0.6 is 0 Å². The Bertz CT molecular complexity index is 814. The van der Waals surface area contributed by atoms with Crippen LogP contribution in [0.5, 0.6) is 23.0 Å². The van der Waals surface area contributed by atoms with E-state index in [2.05, 4.69) is 0 Å². The summed E-state index contributed by atoms with van der Waals surface area (Å²) in [4.78, 5) is 0. The summed E-state index contributed by atoms with van der Waals surface area (Å²) in [6.07, 6.45) is 2.98. The Kier molecular flexibility index (Phi) is 5.35. The van der Waals surface area contributed by atoms with E-state index in [1.807, 2.05) is 12.1 Å².